The van der Waals surface area contributed by atoms with E-state index in [9.17, 15) is 9.59 Å². The molecule has 0 aliphatic carbocycles. The molecule has 4 aromatic rings. The topological polar surface area (TPSA) is 86.8 Å². The number of aromatic nitrogens is 1. The van der Waals surface area contributed by atoms with Crippen molar-refractivity contribution in [3.63, 3.8) is 0 Å². The highest BCUT2D eigenvalue weighted by atomic mass is 35.5. The molecule has 0 atom stereocenters. The van der Waals surface area contributed by atoms with Gasteiger partial charge in [-0.1, -0.05) is 48.5 Å². The van der Waals surface area contributed by atoms with E-state index in [4.69, 9.17) is 19.2 Å². The highest BCUT2D eigenvalue weighted by Gasteiger charge is 2.21. The number of esters is 1. The fraction of sp³-hybridized carbons (Fsp3) is 0.115. The molecule has 0 saturated heterocycles. The number of anilines is 1. The molecule has 174 valence electrons. The lowest BCUT2D eigenvalue weighted by molar-refractivity contribution is -0.0000293. The summed E-state index contributed by atoms with van der Waals surface area (Å²) in [6.45, 7) is 0. The fourth-order valence-electron chi connectivity index (χ4n) is 3.57. The van der Waals surface area contributed by atoms with Crippen LogP contribution in [0.2, 0.25) is 0 Å². The van der Waals surface area contributed by atoms with Crippen LogP contribution in [0.15, 0.2) is 72.8 Å². The van der Waals surface area contributed by atoms with Gasteiger partial charge >= 0.3 is 5.97 Å². The lowest BCUT2D eigenvalue weighted by atomic mass is 10.0. The van der Waals surface area contributed by atoms with Crippen LogP contribution in [0, 0.1) is 0 Å². The van der Waals surface area contributed by atoms with Crippen LogP contribution >= 0.6 is 0 Å². The van der Waals surface area contributed by atoms with Crippen LogP contribution in [0.1, 0.15) is 20.7 Å². The number of hydrogen-bond acceptors (Lipinski definition) is 6. The molecular weight excluding hydrogens is 456 g/mol. The van der Waals surface area contributed by atoms with E-state index in [1.165, 1.54) is 33.5 Å². The molecule has 0 fully saturated rings. The predicted octanol–water partition coefficient (Wildman–Crippen LogP) is 1.96. The Morgan fingerprint density at radius 1 is 0.794 bits per heavy atom. The first-order chi connectivity index (χ1) is 16.0. The number of carbonyl (C=O) groups excluding carboxylic acids is 2. The Hall–Kier alpha value is -4.10. The Kier molecular flexibility index (Phi) is 7.71. The fourth-order valence-corrected chi connectivity index (χ4v) is 3.57. The first-order valence-electron chi connectivity index (χ1n) is 10.2. The summed E-state index contributed by atoms with van der Waals surface area (Å²) >= 11 is 0. The standard InChI is InChI=1S/C26H22N2O5.ClH/c1-31-23-14-19(26(30)33-3)22(15-24(23)32-2)28-25(29)18-13-21(16-9-5-4-6-10-16)27-20-12-8-7-11-17(18)20;/h4-15H,1-3H3,(H,28,29);1H/p-1. The predicted molar refractivity (Wildman–Crippen MR) is 126 cm³/mol. The molecular formula is C26H22ClN2O5-. The molecule has 0 aliphatic heterocycles. The van der Waals surface area contributed by atoms with Crippen molar-refractivity contribution in [2.75, 3.05) is 26.6 Å². The summed E-state index contributed by atoms with van der Waals surface area (Å²) < 4.78 is 15.5. The maximum absolute atomic E-state index is 13.5. The van der Waals surface area contributed by atoms with Crippen LogP contribution in [-0.2, 0) is 4.74 Å². The van der Waals surface area contributed by atoms with Crippen molar-refractivity contribution in [3.05, 3.63) is 83.9 Å². The average Bonchev–Trinajstić information content (AvgIpc) is 2.87. The third-order valence-electron chi connectivity index (χ3n) is 5.21. The Balaban J connectivity index is 0.00000324. The van der Waals surface area contributed by atoms with Gasteiger partial charge in [-0.05, 0) is 12.1 Å². The van der Waals surface area contributed by atoms with Crippen LogP contribution in [0.4, 0.5) is 5.69 Å². The number of fused-ring (bicyclic) bond motifs is 1. The third kappa shape index (κ3) is 4.79. The van der Waals surface area contributed by atoms with E-state index >= 15 is 0 Å². The number of halogens is 1. The molecule has 0 aliphatic rings. The molecule has 8 heteroatoms. The van der Waals surface area contributed by atoms with Crippen molar-refractivity contribution in [1.82, 2.24) is 4.98 Å². The molecule has 34 heavy (non-hydrogen) atoms. The molecule has 4 rings (SSSR count). The van der Waals surface area contributed by atoms with Gasteiger partial charge in [0.1, 0.15) is 0 Å². The molecule has 0 radical (unpaired) electrons. The van der Waals surface area contributed by atoms with Gasteiger partial charge in [0.25, 0.3) is 5.91 Å². The number of methoxy groups -OCH3 is 3. The quantitative estimate of drug-likeness (QED) is 0.427. The maximum atomic E-state index is 13.5. The van der Waals surface area contributed by atoms with Crippen molar-refractivity contribution in [2.24, 2.45) is 0 Å². The molecule has 1 aromatic heterocycles. The van der Waals surface area contributed by atoms with E-state index in [2.05, 4.69) is 5.32 Å². The van der Waals surface area contributed by atoms with Crippen molar-refractivity contribution in [1.29, 1.82) is 0 Å². The number of carbonyl (C=O) groups is 2. The summed E-state index contributed by atoms with van der Waals surface area (Å²) in [5.74, 6) is -0.305. The van der Waals surface area contributed by atoms with E-state index in [0.29, 0.717) is 33.7 Å². The van der Waals surface area contributed by atoms with Crippen LogP contribution in [0.25, 0.3) is 22.2 Å². The summed E-state index contributed by atoms with van der Waals surface area (Å²) in [6, 6.07) is 21.8. The van der Waals surface area contributed by atoms with Gasteiger partial charge in [0.05, 0.1) is 49.4 Å². The van der Waals surface area contributed by atoms with Crippen LogP contribution in [0.3, 0.4) is 0 Å². The zero-order valence-electron chi connectivity index (χ0n) is 18.8. The SMILES string of the molecule is COC(=O)c1cc(OC)c(OC)cc1NC(=O)c1cc(-c2ccccc2)nc2ccccc12.[Cl-]. The molecule has 0 bridgehead atoms. The number of para-hydroxylation sites is 1. The lowest BCUT2D eigenvalue weighted by Gasteiger charge is -2.15. The first kappa shape index (κ1) is 24.5. The van der Waals surface area contributed by atoms with E-state index < -0.39 is 11.9 Å². The minimum Gasteiger partial charge on any atom is -1.00 e. The van der Waals surface area contributed by atoms with Gasteiger partial charge in [0.15, 0.2) is 11.5 Å². The highest BCUT2D eigenvalue weighted by molar-refractivity contribution is 6.14. The largest absolute Gasteiger partial charge is 1.00 e. The number of benzene rings is 3. The van der Waals surface area contributed by atoms with Gasteiger partial charge in [-0.2, -0.15) is 0 Å². The monoisotopic (exact) mass is 477 g/mol. The molecule has 0 saturated carbocycles. The Labute approximate surface area is 203 Å². The molecule has 1 heterocycles. The molecule has 0 spiro atoms. The Morgan fingerprint density at radius 2 is 1.44 bits per heavy atom. The summed E-state index contributed by atoms with van der Waals surface area (Å²) in [5.41, 5.74) is 3.05. The van der Waals surface area contributed by atoms with Gasteiger partial charge in [-0.15, -0.1) is 0 Å². The van der Waals surface area contributed by atoms with Crippen molar-refractivity contribution >= 4 is 28.5 Å². The zero-order valence-corrected chi connectivity index (χ0v) is 19.6. The van der Waals surface area contributed by atoms with Crippen molar-refractivity contribution in [3.8, 4) is 22.8 Å². The molecule has 7 nitrogen and oxygen atoms in total. The molecule has 1 amide bonds. The van der Waals surface area contributed by atoms with E-state index in [1.54, 1.807) is 6.07 Å². The van der Waals surface area contributed by atoms with E-state index in [0.717, 1.165) is 5.56 Å². The normalized spacial score (nSPS) is 10.2. The Morgan fingerprint density at radius 3 is 2.12 bits per heavy atom. The maximum Gasteiger partial charge on any atom is 0.340 e. The molecule has 1 N–H and O–H groups in total. The summed E-state index contributed by atoms with van der Waals surface area (Å²) in [6.07, 6.45) is 0. The van der Waals surface area contributed by atoms with Crippen molar-refractivity contribution in [2.45, 2.75) is 0 Å². The smallest absolute Gasteiger partial charge is 0.340 e. The average molecular weight is 478 g/mol. The number of ether oxygens (including phenoxy) is 3. The second-order valence-corrected chi connectivity index (χ2v) is 7.14. The van der Waals surface area contributed by atoms with Crippen LogP contribution in [-0.4, -0.2) is 38.2 Å². The van der Waals surface area contributed by atoms with Crippen LogP contribution in [0.5, 0.6) is 11.5 Å². The number of amides is 1. The lowest BCUT2D eigenvalue weighted by Crippen LogP contribution is -3.00. The van der Waals surface area contributed by atoms with Crippen molar-refractivity contribution < 1.29 is 36.2 Å². The van der Waals surface area contributed by atoms with Gasteiger partial charge in [-0.3, -0.25) is 4.79 Å². The molecule has 3 aromatic carbocycles. The third-order valence-corrected chi connectivity index (χ3v) is 5.21. The van der Waals surface area contributed by atoms with Gasteiger partial charge in [0.2, 0.25) is 0 Å². The zero-order chi connectivity index (χ0) is 23.4. The van der Waals surface area contributed by atoms with Crippen LogP contribution < -0.4 is 27.2 Å². The first-order valence-corrected chi connectivity index (χ1v) is 10.2. The number of rotatable bonds is 6. The number of nitrogens with one attached hydrogen (secondary N) is 1. The number of pyridine rings is 1. The van der Waals surface area contributed by atoms with E-state index in [1.807, 2.05) is 54.6 Å². The van der Waals surface area contributed by atoms with Gasteiger partial charge in [0, 0.05) is 23.1 Å². The Bertz CT molecular complexity index is 1340. The van der Waals surface area contributed by atoms with E-state index in [-0.39, 0.29) is 23.7 Å². The highest BCUT2D eigenvalue weighted by Crippen LogP contribution is 2.34. The second kappa shape index (κ2) is 10.7. The number of nitrogens with zero attached hydrogens (tertiary/aromatic N) is 1. The summed E-state index contributed by atoms with van der Waals surface area (Å²) in [4.78, 5) is 30.6. The van der Waals surface area contributed by atoms with Gasteiger partial charge in [-0.25, -0.2) is 9.78 Å². The second-order valence-electron chi connectivity index (χ2n) is 7.14. The summed E-state index contributed by atoms with van der Waals surface area (Å²) in [5, 5.41) is 3.53. The minimum atomic E-state index is -0.615. The number of hydrogen-bond donors (Lipinski definition) is 1. The minimum absolute atomic E-state index is 0. The summed E-state index contributed by atoms with van der Waals surface area (Å²) in [7, 11) is 4.21. The molecule has 0 unspecified atom stereocenters. The van der Waals surface area contributed by atoms with Gasteiger partial charge < -0.3 is 31.9 Å².